The quantitative estimate of drug-likeness (QED) is 0.433. The number of fused-ring (bicyclic) bond motifs is 1. The number of aromatic nitrogens is 2. The molecule has 4 aromatic rings. The summed E-state index contributed by atoms with van der Waals surface area (Å²) in [5, 5.41) is 11.3. The lowest BCUT2D eigenvalue weighted by Gasteiger charge is -2.16. The topological polar surface area (TPSA) is 56.5 Å². The molecule has 0 aliphatic heterocycles. The van der Waals surface area contributed by atoms with Gasteiger partial charge in [0, 0.05) is 5.02 Å². The summed E-state index contributed by atoms with van der Waals surface area (Å²) < 4.78 is 13.6. The van der Waals surface area contributed by atoms with E-state index >= 15 is 0 Å². The molecule has 1 N–H and O–H groups in total. The molecule has 0 fully saturated rings. The number of hydrogen-bond acceptors (Lipinski definition) is 4. The highest BCUT2D eigenvalue weighted by Gasteiger charge is 2.15. The lowest BCUT2D eigenvalue weighted by molar-refractivity contribution is 0.0917. The molecule has 0 bridgehead atoms. The number of imidazole rings is 1. The molecule has 0 amide bonds. The van der Waals surface area contributed by atoms with Crippen molar-refractivity contribution < 1.29 is 14.6 Å². The predicted molar refractivity (Wildman–Crippen MR) is 118 cm³/mol. The van der Waals surface area contributed by atoms with Crippen LogP contribution < -0.4 is 9.47 Å². The molecule has 5 nitrogen and oxygen atoms in total. The van der Waals surface area contributed by atoms with Crippen molar-refractivity contribution in [2.45, 2.75) is 26.2 Å². The minimum absolute atomic E-state index is 0.159. The zero-order chi connectivity index (χ0) is 20.9. The molecule has 0 aliphatic rings. The maximum Gasteiger partial charge on any atom is 0.148 e. The summed E-state index contributed by atoms with van der Waals surface area (Å²) in [5.41, 5.74) is 2.75. The van der Waals surface area contributed by atoms with Gasteiger partial charge in [-0.2, -0.15) is 0 Å². The number of rotatable bonds is 8. The number of halogens is 1. The normalized spacial score (nSPS) is 12.1. The highest BCUT2D eigenvalue weighted by molar-refractivity contribution is 6.31. The van der Waals surface area contributed by atoms with Gasteiger partial charge in [-0.05, 0) is 55.0 Å². The Balaban J connectivity index is 1.48. The average Bonchev–Trinajstić information content (AvgIpc) is 3.11. The first-order valence-corrected chi connectivity index (χ1v) is 10.2. The first kappa shape index (κ1) is 20.3. The summed E-state index contributed by atoms with van der Waals surface area (Å²) in [4.78, 5) is 4.69. The van der Waals surface area contributed by atoms with E-state index in [1.807, 2.05) is 72.2 Å². The highest BCUT2D eigenvalue weighted by atomic mass is 35.5. The second kappa shape index (κ2) is 9.20. The van der Waals surface area contributed by atoms with E-state index in [1.165, 1.54) is 0 Å². The molecule has 1 heterocycles. The summed E-state index contributed by atoms with van der Waals surface area (Å²) in [6, 6.07) is 22.9. The van der Waals surface area contributed by atoms with Crippen LogP contribution in [0, 0.1) is 6.92 Å². The number of benzene rings is 3. The lowest BCUT2D eigenvalue weighted by atomic mass is 10.2. The van der Waals surface area contributed by atoms with Crippen molar-refractivity contribution in [1.29, 1.82) is 0 Å². The molecular formula is C24H23ClN2O3. The smallest absolute Gasteiger partial charge is 0.148 e. The van der Waals surface area contributed by atoms with Gasteiger partial charge in [-0.1, -0.05) is 41.9 Å². The number of nitrogens with zero attached hydrogens (tertiary/aromatic N) is 2. The van der Waals surface area contributed by atoms with E-state index in [2.05, 4.69) is 0 Å². The van der Waals surface area contributed by atoms with E-state index in [1.54, 1.807) is 12.1 Å². The molecule has 30 heavy (non-hydrogen) atoms. The van der Waals surface area contributed by atoms with E-state index in [4.69, 9.17) is 26.1 Å². The minimum Gasteiger partial charge on any atom is -0.491 e. The van der Waals surface area contributed by atoms with Gasteiger partial charge < -0.3 is 19.1 Å². The minimum atomic E-state index is -0.714. The monoisotopic (exact) mass is 422 g/mol. The SMILES string of the molecule is Cc1cc(OC[C@H](O)Cn2c(COc3ccccc3)nc3ccccc32)ccc1Cl. The number of para-hydroxylation sites is 3. The van der Waals surface area contributed by atoms with Gasteiger partial charge >= 0.3 is 0 Å². The Hall–Kier alpha value is -3.02. The fraction of sp³-hybridized carbons (Fsp3) is 0.208. The van der Waals surface area contributed by atoms with Crippen LogP contribution in [0.3, 0.4) is 0 Å². The second-order valence-corrected chi connectivity index (χ2v) is 7.51. The zero-order valence-electron chi connectivity index (χ0n) is 16.7. The van der Waals surface area contributed by atoms with Crippen LogP contribution in [0.2, 0.25) is 5.02 Å². The predicted octanol–water partition coefficient (Wildman–Crippen LogP) is 5.02. The Bertz CT molecular complexity index is 1130. The molecule has 0 saturated heterocycles. The van der Waals surface area contributed by atoms with Gasteiger partial charge in [-0.3, -0.25) is 0 Å². The van der Waals surface area contributed by atoms with Crippen molar-refractivity contribution in [3.8, 4) is 11.5 Å². The molecule has 0 saturated carbocycles. The first-order valence-electron chi connectivity index (χ1n) is 9.79. The summed E-state index contributed by atoms with van der Waals surface area (Å²) in [5.74, 6) is 2.21. The molecule has 3 aromatic carbocycles. The fourth-order valence-corrected chi connectivity index (χ4v) is 3.38. The number of aryl methyl sites for hydroxylation is 1. The molecule has 6 heteroatoms. The molecule has 0 unspecified atom stereocenters. The van der Waals surface area contributed by atoms with Crippen LogP contribution in [-0.2, 0) is 13.2 Å². The van der Waals surface area contributed by atoms with Crippen LogP contribution in [0.15, 0.2) is 72.8 Å². The molecule has 0 aliphatic carbocycles. The van der Waals surface area contributed by atoms with Crippen molar-refractivity contribution in [1.82, 2.24) is 9.55 Å². The van der Waals surface area contributed by atoms with E-state index < -0.39 is 6.10 Å². The van der Waals surface area contributed by atoms with Gasteiger partial charge in [0.1, 0.15) is 36.6 Å². The standard InChI is InChI=1S/C24H23ClN2O3/c1-17-13-20(11-12-21(17)25)29-15-18(28)14-27-23-10-6-5-9-22(23)26-24(27)16-30-19-7-3-2-4-8-19/h2-13,18,28H,14-16H2,1H3/t18-/m1/s1. The molecule has 1 aromatic heterocycles. The Morgan fingerprint density at radius 2 is 1.73 bits per heavy atom. The Kier molecular flexibility index (Phi) is 6.21. The third-order valence-electron chi connectivity index (χ3n) is 4.81. The second-order valence-electron chi connectivity index (χ2n) is 7.10. The molecule has 4 rings (SSSR count). The van der Waals surface area contributed by atoms with Gasteiger partial charge in [-0.25, -0.2) is 4.98 Å². The van der Waals surface area contributed by atoms with Crippen molar-refractivity contribution in [2.75, 3.05) is 6.61 Å². The maximum absolute atomic E-state index is 10.6. The number of aliphatic hydroxyl groups is 1. The Labute approximate surface area is 180 Å². The maximum atomic E-state index is 10.6. The van der Waals surface area contributed by atoms with Gasteiger partial charge in [0.05, 0.1) is 17.6 Å². The van der Waals surface area contributed by atoms with Gasteiger partial charge in [0.15, 0.2) is 0 Å². The van der Waals surface area contributed by atoms with E-state index in [0.29, 0.717) is 23.9 Å². The third-order valence-corrected chi connectivity index (χ3v) is 5.23. The van der Waals surface area contributed by atoms with E-state index in [0.717, 1.165) is 28.2 Å². The zero-order valence-corrected chi connectivity index (χ0v) is 17.4. The summed E-state index contributed by atoms with van der Waals surface area (Å²) >= 11 is 6.06. The van der Waals surface area contributed by atoms with Gasteiger partial charge in [0.25, 0.3) is 0 Å². The van der Waals surface area contributed by atoms with Gasteiger partial charge in [0.2, 0.25) is 0 Å². The molecule has 0 spiro atoms. The molecule has 154 valence electrons. The summed E-state index contributed by atoms with van der Waals surface area (Å²) in [6.45, 7) is 2.73. The van der Waals surface area contributed by atoms with Crippen LogP contribution in [-0.4, -0.2) is 27.4 Å². The van der Waals surface area contributed by atoms with E-state index in [9.17, 15) is 5.11 Å². The number of ether oxygens (including phenoxy) is 2. The van der Waals surface area contributed by atoms with Crippen molar-refractivity contribution in [3.05, 3.63) is 89.2 Å². The van der Waals surface area contributed by atoms with Crippen LogP contribution in [0.25, 0.3) is 11.0 Å². The fourth-order valence-electron chi connectivity index (χ4n) is 3.27. The third kappa shape index (κ3) is 4.75. The molecule has 0 radical (unpaired) electrons. The van der Waals surface area contributed by atoms with Crippen molar-refractivity contribution in [2.24, 2.45) is 0 Å². The average molecular weight is 423 g/mol. The lowest BCUT2D eigenvalue weighted by Crippen LogP contribution is -2.25. The summed E-state index contributed by atoms with van der Waals surface area (Å²) in [6.07, 6.45) is -0.714. The van der Waals surface area contributed by atoms with Crippen LogP contribution in [0.5, 0.6) is 11.5 Å². The Morgan fingerprint density at radius 3 is 2.53 bits per heavy atom. The molecular weight excluding hydrogens is 400 g/mol. The Morgan fingerprint density at radius 1 is 0.967 bits per heavy atom. The van der Waals surface area contributed by atoms with Crippen LogP contribution >= 0.6 is 11.6 Å². The highest BCUT2D eigenvalue weighted by Crippen LogP contribution is 2.22. The van der Waals surface area contributed by atoms with Crippen molar-refractivity contribution in [3.63, 3.8) is 0 Å². The van der Waals surface area contributed by atoms with Crippen molar-refractivity contribution >= 4 is 22.6 Å². The molecule has 1 atom stereocenters. The first-order chi connectivity index (χ1) is 14.6. The number of aliphatic hydroxyl groups excluding tert-OH is 1. The van der Waals surface area contributed by atoms with Gasteiger partial charge in [-0.15, -0.1) is 0 Å². The van der Waals surface area contributed by atoms with Crippen LogP contribution in [0.4, 0.5) is 0 Å². The summed E-state index contributed by atoms with van der Waals surface area (Å²) in [7, 11) is 0. The van der Waals surface area contributed by atoms with Crippen LogP contribution in [0.1, 0.15) is 11.4 Å². The van der Waals surface area contributed by atoms with E-state index in [-0.39, 0.29) is 6.61 Å². The largest absolute Gasteiger partial charge is 0.491 e. The number of hydrogen-bond donors (Lipinski definition) is 1.